The highest BCUT2D eigenvalue weighted by Gasteiger charge is 2.17. The molecule has 0 fully saturated rings. The van der Waals surface area contributed by atoms with Crippen molar-refractivity contribution in [2.45, 2.75) is 0 Å². The van der Waals surface area contributed by atoms with Gasteiger partial charge in [-0.15, -0.1) is 11.3 Å². The van der Waals surface area contributed by atoms with Crippen molar-refractivity contribution in [1.82, 2.24) is 0 Å². The first-order chi connectivity index (χ1) is 7.59. The molecular weight excluding hydrogens is 337 g/mol. The number of nitrogens with two attached hydrogens (primary N) is 1. The van der Waals surface area contributed by atoms with Crippen LogP contribution in [0.5, 0.6) is 0 Å². The van der Waals surface area contributed by atoms with Crippen LogP contribution in [0.4, 0.5) is 5.00 Å². The molecule has 0 saturated heterocycles. The van der Waals surface area contributed by atoms with Crippen molar-refractivity contribution in [3.05, 3.63) is 38.8 Å². The third kappa shape index (κ3) is 2.05. The zero-order valence-electron chi connectivity index (χ0n) is 8.11. The maximum atomic E-state index is 11.1. The summed E-state index contributed by atoms with van der Waals surface area (Å²) in [4.78, 5) is 11.1. The van der Waals surface area contributed by atoms with Crippen LogP contribution >= 0.6 is 33.9 Å². The number of hydrogen-bond donors (Lipinski definition) is 2. The Kier molecular flexibility index (Phi) is 3.15. The summed E-state index contributed by atoms with van der Waals surface area (Å²) in [7, 11) is 0. The highest BCUT2D eigenvalue weighted by atomic mass is 127. The van der Waals surface area contributed by atoms with Crippen LogP contribution in [0.15, 0.2) is 29.6 Å². The standard InChI is InChI=1S/C11H8INO2S/c12-7-3-1-6(2-4-7)8-5-16-10(13)9(8)11(14)15/h1-5H,13H2,(H,14,15). The molecule has 0 amide bonds. The molecule has 0 saturated carbocycles. The van der Waals surface area contributed by atoms with E-state index in [0.29, 0.717) is 10.6 Å². The predicted molar refractivity (Wildman–Crippen MR) is 73.8 cm³/mol. The summed E-state index contributed by atoms with van der Waals surface area (Å²) in [5.74, 6) is -0.979. The summed E-state index contributed by atoms with van der Waals surface area (Å²) in [6.45, 7) is 0. The van der Waals surface area contributed by atoms with Crippen LogP contribution in [-0.2, 0) is 0 Å². The monoisotopic (exact) mass is 345 g/mol. The second-order valence-electron chi connectivity index (χ2n) is 3.20. The summed E-state index contributed by atoms with van der Waals surface area (Å²) >= 11 is 3.46. The van der Waals surface area contributed by atoms with E-state index in [1.54, 1.807) is 5.38 Å². The summed E-state index contributed by atoms with van der Waals surface area (Å²) in [6.07, 6.45) is 0. The van der Waals surface area contributed by atoms with E-state index in [2.05, 4.69) is 22.6 Å². The molecule has 1 aromatic heterocycles. The number of carboxylic acids is 1. The number of rotatable bonds is 2. The minimum atomic E-state index is -0.979. The third-order valence-corrected chi connectivity index (χ3v) is 3.72. The Morgan fingerprint density at radius 3 is 2.50 bits per heavy atom. The van der Waals surface area contributed by atoms with Gasteiger partial charge in [0.05, 0.1) is 0 Å². The highest BCUT2D eigenvalue weighted by molar-refractivity contribution is 14.1. The Bertz CT molecular complexity index is 533. The van der Waals surface area contributed by atoms with E-state index in [1.165, 1.54) is 11.3 Å². The molecule has 0 radical (unpaired) electrons. The molecule has 1 aromatic carbocycles. The summed E-state index contributed by atoms with van der Waals surface area (Å²) in [6, 6.07) is 7.68. The van der Waals surface area contributed by atoms with E-state index in [0.717, 1.165) is 9.13 Å². The average molecular weight is 345 g/mol. The zero-order chi connectivity index (χ0) is 11.7. The van der Waals surface area contributed by atoms with Crippen molar-refractivity contribution in [2.75, 3.05) is 5.73 Å². The Labute approximate surface area is 110 Å². The SMILES string of the molecule is Nc1scc(-c2ccc(I)cc2)c1C(=O)O. The van der Waals surface area contributed by atoms with Gasteiger partial charge in [0.2, 0.25) is 0 Å². The Morgan fingerprint density at radius 1 is 1.31 bits per heavy atom. The second kappa shape index (κ2) is 4.42. The van der Waals surface area contributed by atoms with Crippen molar-refractivity contribution in [3.8, 4) is 11.1 Å². The quantitative estimate of drug-likeness (QED) is 0.821. The molecule has 0 bridgehead atoms. The molecule has 1 heterocycles. The van der Waals surface area contributed by atoms with E-state index in [4.69, 9.17) is 10.8 Å². The number of benzene rings is 1. The molecule has 82 valence electrons. The lowest BCUT2D eigenvalue weighted by atomic mass is 10.0. The minimum Gasteiger partial charge on any atom is -0.478 e. The van der Waals surface area contributed by atoms with Crippen LogP contribution < -0.4 is 5.73 Å². The van der Waals surface area contributed by atoms with Gasteiger partial charge in [-0.1, -0.05) is 12.1 Å². The zero-order valence-corrected chi connectivity index (χ0v) is 11.1. The van der Waals surface area contributed by atoms with Gasteiger partial charge in [0.1, 0.15) is 10.6 Å². The second-order valence-corrected chi connectivity index (χ2v) is 5.36. The Balaban J connectivity index is 2.56. The van der Waals surface area contributed by atoms with Gasteiger partial charge in [0.15, 0.2) is 0 Å². The van der Waals surface area contributed by atoms with Gasteiger partial charge in [0, 0.05) is 14.5 Å². The van der Waals surface area contributed by atoms with E-state index >= 15 is 0 Å². The number of thiophene rings is 1. The first-order valence-corrected chi connectivity index (χ1v) is 6.41. The van der Waals surface area contributed by atoms with Crippen molar-refractivity contribution in [3.63, 3.8) is 0 Å². The lowest BCUT2D eigenvalue weighted by Crippen LogP contribution is -2.00. The van der Waals surface area contributed by atoms with Crippen molar-refractivity contribution < 1.29 is 9.90 Å². The van der Waals surface area contributed by atoms with E-state index in [1.807, 2.05) is 24.3 Å². The topological polar surface area (TPSA) is 63.3 Å². The van der Waals surface area contributed by atoms with Crippen LogP contribution in [0.1, 0.15) is 10.4 Å². The van der Waals surface area contributed by atoms with Gasteiger partial charge >= 0.3 is 5.97 Å². The number of hydrogen-bond acceptors (Lipinski definition) is 3. The normalized spacial score (nSPS) is 10.3. The van der Waals surface area contributed by atoms with Gasteiger partial charge in [-0.3, -0.25) is 0 Å². The van der Waals surface area contributed by atoms with Crippen LogP contribution in [0.25, 0.3) is 11.1 Å². The molecule has 0 aliphatic rings. The fourth-order valence-corrected chi connectivity index (χ4v) is 2.61. The molecule has 5 heteroatoms. The molecule has 0 unspecified atom stereocenters. The van der Waals surface area contributed by atoms with Crippen molar-refractivity contribution >= 4 is 44.9 Å². The first kappa shape index (κ1) is 11.4. The predicted octanol–water partition coefficient (Wildman–Crippen LogP) is 3.30. The average Bonchev–Trinajstić information content (AvgIpc) is 2.61. The third-order valence-electron chi connectivity index (χ3n) is 2.19. The van der Waals surface area contributed by atoms with Crippen molar-refractivity contribution in [2.24, 2.45) is 0 Å². The van der Waals surface area contributed by atoms with Crippen LogP contribution in [0, 0.1) is 3.57 Å². The Morgan fingerprint density at radius 2 is 1.94 bits per heavy atom. The number of halogens is 1. The smallest absolute Gasteiger partial charge is 0.339 e. The maximum absolute atomic E-state index is 11.1. The molecular formula is C11H8INO2S. The Hall–Kier alpha value is -1.08. The van der Waals surface area contributed by atoms with E-state index in [-0.39, 0.29) is 5.56 Å². The van der Waals surface area contributed by atoms with E-state index in [9.17, 15) is 4.79 Å². The van der Waals surface area contributed by atoms with Crippen LogP contribution in [0.2, 0.25) is 0 Å². The minimum absolute atomic E-state index is 0.200. The summed E-state index contributed by atoms with van der Waals surface area (Å²) < 4.78 is 1.11. The number of carboxylic acid groups (broad SMARTS) is 1. The van der Waals surface area contributed by atoms with Gasteiger partial charge in [-0.2, -0.15) is 0 Å². The fraction of sp³-hybridized carbons (Fsp3) is 0. The van der Waals surface area contributed by atoms with Crippen LogP contribution in [-0.4, -0.2) is 11.1 Å². The maximum Gasteiger partial charge on any atom is 0.339 e. The molecule has 2 rings (SSSR count). The molecule has 0 aliphatic heterocycles. The first-order valence-electron chi connectivity index (χ1n) is 4.46. The fourth-order valence-electron chi connectivity index (χ4n) is 1.44. The molecule has 3 nitrogen and oxygen atoms in total. The van der Waals surface area contributed by atoms with Gasteiger partial charge in [-0.25, -0.2) is 4.79 Å². The molecule has 2 aromatic rings. The lowest BCUT2D eigenvalue weighted by Gasteiger charge is -2.01. The number of carbonyl (C=O) groups is 1. The number of aromatic carboxylic acids is 1. The van der Waals surface area contributed by atoms with Crippen molar-refractivity contribution in [1.29, 1.82) is 0 Å². The van der Waals surface area contributed by atoms with Gasteiger partial charge in [-0.05, 0) is 40.3 Å². The summed E-state index contributed by atoms with van der Waals surface area (Å²) in [5, 5.41) is 11.2. The molecule has 16 heavy (non-hydrogen) atoms. The highest BCUT2D eigenvalue weighted by Crippen LogP contribution is 2.33. The van der Waals surface area contributed by atoms with Crippen LogP contribution in [0.3, 0.4) is 0 Å². The number of anilines is 1. The molecule has 0 aliphatic carbocycles. The molecule has 0 spiro atoms. The van der Waals surface area contributed by atoms with Gasteiger partial charge in [0.25, 0.3) is 0 Å². The number of nitrogen functional groups attached to an aromatic ring is 1. The van der Waals surface area contributed by atoms with Gasteiger partial charge < -0.3 is 10.8 Å². The molecule has 0 atom stereocenters. The summed E-state index contributed by atoms with van der Waals surface area (Å²) in [5.41, 5.74) is 7.41. The largest absolute Gasteiger partial charge is 0.478 e. The molecule has 3 N–H and O–H groups in total. The van der Waals surface area contributed by atoms with E-state index < -0.39 is 5.97 Å². The lowest BCUT2D eigenvalue weighted by molar-refractivity contribution is 0.0699.